The second-order valence-electron chi connectivity index (χ2n) is 9.59. The van der Waals surface area contributed by atoms with Gasteiger partial charge in [-0.1, -0.05) is 39.8 Å². The summed E-state index contributed by atoms with van der Waals surface area (Å²) >= 11 is 0. The molecule has 0 saturated carbocycles. The number of nitrogens with one attached hydrogen (secondary N) is 1. The number of hydrogen-bond donors (Lipinski definition) is 2. The second-order valence-corrected chi connectivity index (χ2v) is 14.3. The van der Waals surface area contributed by atoms with E-state index in [1.165, 1.54) is 0 Å². The number of amides is 1. The van der Waals surface area contributed by atoms with Crippen LogP contribution >= 0.6 is 0 Å². The average molecular weight is 402 g/mol. The van der Waals surface area contributed by atoms with E-state index in [9.17, 15) is 14.7 Å². The number of carbonyl (C=O) groups is 2. The maximum atomic E-state index is 12.2. The predicted molar refractivity (Wildman–Crippen MR) is 111 cm³/mol. The summed E-state index contributed by atoms with van der Waals surface area (Å²) in [7, 11) is -2.26. The summed E-state index contributed by atoms with van der Waals surface area (Å²) in [4.78, 5) is 24.2. The van der Waals surface area contributed by atoms with Crippen molar-refractivity contribution in [1.29, 1.82) is 0 Å². The molecule has 2 N–H and O–H groups in total. The van der Waals surface area contributed by atoms with Gasteiger partial charge in [-0.25, -0.2) is 9.59 Å². The number of carboxylic acid groups (broad SMARTS) is 1. The lowest BCUT2D eigenvalue weighted by Crippen LogP contribution is -2.57. The molecule has 1 amide bonds. The van der Waals surface area contributed by atoms with Crippen molar-refractivity contribution < 1.29 is 23.9 Å². The third-order valence-corrected chi connectivity index (χ3v) is 9.28. The topological polar surface area (TPSA) is 84.9 Å². The summed E-state index contributed by atoms with van der Waals surface area (Å²) in [6.45, 7) is 19.5. The van der Waals surface area contributed by atoms with Crippen LogP contribution in [0.2, 0.25) is 18.1 Å². The first kappa shape index (κ1) is 25.7. The van der Waals surface area contributed by atoms with E-state index < -0.39 is 38.1 Å². The minimum atomic E-state index is -2.26. The molecule has 0 aliphatic carbocycles. The van der Waals surface area contributed by atoms with Gasteiger partial charge in [0.2, 0.25) is 0 Å². The van der Waals surface area contributed by atoms with E-state index in [-0.39, 0.29) is 11.0 Å². The minimum absolute atomic E-state index is 0.0828. The average Bonchev–Trinajstić information content (AvgIpc) is 2.44. The van der Waals surface area contributed by atoms with E-state index in [1.54, 1.807) is 20.8 Å². The number of hydrogen-bond acceptors (Lipinski definition) is 4. The van der Waals surface area contributed by atoms with Gasteiger partial charge < -0.3 is 19.6 Å². The van der Waals surface area contributed by atoms with Gasteiger partial charge in [0, 0.05) is 0 Å². The van der Waals surface area contributed by atoms with Crippen molar-refractivity contribution in [1.82, 2.24) is 5.32 Å². The van der Waals surface area contributed by atoms with E-state index in [2.05, 4.69) is 39.2 Å². The third kappa shape index (κ3) is 8.93. The van der Waals surface area contributed by atoms with Crippen LogP contribution in [0.5, 0.6) is 0 Å². The van der Waals surface area contributed by atoms with Crippen LogP contribution in [0.3, 0.4) is 0 Å². The van der Waals surface area contributed by atoms with E-state index in [4.69, 9.17) is 9.16 Å². The highest BCUT2D eigenvalue weighted by Crippen LogP contribution is 2.39. The Kier molecular flexibility index (Phi) is 9.25. The Labute approximate surface area is 165 Å². The maximum Gasteiger partial charge on any atom is 0.408 e. The Balaban J connectivity index is 5.74. The monoisotopic (exact) mass is 401 g/mol. The molecule has 0 bridgehead atoms. The molecule has 158 valence electrons. The lowest BCUT2D eigenvalue weighted by atomic mass is 9.94. The largest absolute Gasteiger partial charge is 0.480 e. The minimum Gasteiger partial charge on any atom is -0.480 e. The Bertz CT molecular complexity index is 531. The Hall–Kier alpha value is -1.34. The summed E-state index contributed by atoms with van der Waals surface area (Å²) in [6.07, 6.45) is 3.16. The van der Waals surface area contributed by atoms with Crippen LogP contribution in [0.1, 0.15) is 61.8 Å². The molecule has 3 atom stereocenters. The molecule has 0 fully saturated rings. The van der Waals surface area contributed by atoms with Gasteiger partial charge in [-0.2, -0.15) is 0 Å². The molecule has 6 nitrogen and oxygen atoms in total. The number of carbonyl (C=O) groups excluding carboxylic acids is 1. The lowest BCUT2D eigenvalue weighted by Gasteiger charge is -2.42. The first-order valence-electron chi connectivity index (χ1n) is 9.53. The smallest absolute Gasteiger partial charge is 0.408 e. The van der Waals surface area contributed by atoms with Crippen LogP contribution in [-0.4, -0.2) is 43.2 Å². The number of alkyl carbamates (subject to hydrolysis) is 1. The zero-order valence-corrected chi connectivity index (χ0v) is 19.7. The fourth-order valence-corrected chi connectivity index (χ4v) is 3.64. The van der Waals surface area contributed by atoms with Crippen LogP contribution in [-0.2, 0) is 14.0 Å². The van der Waals surface area contributed by atoms with Crippen molar-refractivity contribution in [3.05, 3.63) is 12.2 Å². The highest BCUT2D eigenvalue weighted by Gasteiger charge is 2.44. The third-order valence-electron chi connectivity index (χ3n) is 4.81. The van der Waals surface area contributed by atoms with Gasteiger partial charge in [0.1, 0.15) is 5.60 Å². The van der Waals surface area contributed by atoms with E-state index >= 15 is 0 Å². The molecule has 0 aliphatic heterocycles. The van der Waals surface area contributed by atoms with Gasteiger partial charge in [0.15, 0.2) is 14.4 Å². The van der Waals surface area contributed by atoms with Gasteiger partial charge >= 0.3 is 12.1 Å². The predicted octanol–water partition coefficient (Wildman–Crippen LogP) is 4.96. The summed E-state index contributed by atoms with van der Waals surface area (Å²) in [5.41, 5.74) is -0.709. The number of ether oxygens (including phenoxy) is 1. The van der Waals surface area contributed by atoms with Crippen LogP contribution in [0.15, 0.2) is 12.2 Å². The molecule has 0 aromatic carbocycles. The van der Waals surface area contributed by atoms with Crippen molar-refractivity contribution in [2.24, 2.45) is 5.92 Å². The second kappa shape index (κ2) is 9.73. The van der Waals surface area contributed by atoms with Crippen LogP contribution in [0.25, 0.3) is 0 Å². The number of carboxylic acids is 1. The fraction of sp³-hybridized carbons (Fsp3) is 0.800. The fourth-order valence-electron chi connectivity index (χ4n) is 2.23. The zero-order chi connectivity index (χ0) is 21.6. The lowest BCUT2D eigenvalue weighted by molar-refractivity contribution is -0.143. The van der Waals surface area contributed by atoms with Crippen LogP contribution in [0, 0.1) is 5.92 Å². The van der Waals surface area contributed by atoms with Crippen molar-refractivity contribution in [3.63, 3.8) is 0 Å². The molecule has 0 radical (unpaired) electrons. The molecule has 0 spiro atoms. The molecule has 7 heteroatoms. The highest BCUT2D eigenvalue weighted by molar-refractivity contribution is 6.74. The normalized spacial score (nSPS) is 16.7. The molecular formula is C20H39NO5Si. The Morgan fingerprint density at radius 2 is 1.67 bits per heavy atom. The quantitative estimate of drug-likeness (QED) is 0.444. The first-order valence-corrected chi connectivity index (χ1v) is 12.4. The SMILES string of the molecule is C/C=C/C[C@@H](C)[C@H](O[Si](C)(C)C(C)(C)C)[C@H](NC(=O)OC(C)(C)C)C(=O)O. The summed E-state index contributed by atoms with van der Waals surface area (Å²) < 4.78 is 11.7. The van der Waals surface area contributed by atoms with Crippen LogP contribution < -0.4 is 5.32 Å². The molecule has 0 unspecified atom stereocenters. The first-order chi connectivity index (χ1) is 12.0. The Morgan fingerprint density at radius 3 is 2.04 bits per heavy atom. The zero-order valence-electron chi connectivity index (χ0n) is 18.7. The van der Waals surface area contributed by atoms with Gasteiger partial charge in [0.05, 0.1) is 6.10 Å². The van der Waals surface area contributed by atoms with E-state index in [0.29, 0.717) is 6.42 Å². The highest BCUT2D eigenvalue weighted by atomic mass is 28.4. The molecule has 0 saturated heterocycles. The number of allylic oxidation sites excluding steroid dienone is 2. The summed E-state index contributed by atoms with van der Waals surface area (Å²) in [5, 5.41) is 12.2. The molecule has 0 rings (SSSR count). The van der Waals surface area contributed by atoms with Crippen molar-refractivity contribution >= 4 is 20.4 Å². The van der Waals surface area contributed by atoms with Gasteiger partial charge in [-0.05, 0) is 58.2 Å². The molecule has 27 heavy (non-hydrogen) atoms. The van der Waals surface area contributed by atoms with Gasteiger partial charge in [-0.3, -0.25) is 0 Å². The Morgan fingerprint density at radius 1 is 1.15 bits per heavy atom. The molecule has 0 aromatic heterocycles. The van der Waals surface area contributed by atoms with Crippen molar-refractivity contribution in [2.45, 2.75) is 97.7 Å². The van der Waals surface area contributed by atoms with E-state index in [1.807, 2.05) is 26.0 Å². The molecule has 0 heterocycles. The number of rotatable bonds is 8. The van der Waals surface area contributed by atoms with Crippen LogP contribution in [0.4, 0.5) is 4.79 Å². The van der Waals surface area contributed by atoms with Gasteiger partial charge in [0.25, 0.3) is 0 Å². The number of aliphatic carboxylic acids is 1. The van der Waals surface area contributed by atoms with Crippen molar-refractivity contribution in [3.8, 4) is 0 Å². The van der Waals surface area contributed by atoms with E-state index in [0.717, 1.165) is 0 Å². The summed E-state index contributed by atoms with van der Waals surface area (Å²) in [5.74, 6) is -1.22. The molecule has 0 aliphatic rings. The molecule has 0 aromatic rings. The maximum absolute atomic E-state index is 12.2. The standard InChI is InChI=1S/C20H39NO5Si/c1-11-12-13-14(2)16(26-27(9,10)20(6,7)8)15(17(22)23)21-18(24)25-19(3,4)5/h11-12,14-16H,13H2,1-10H3,(H,21,24)(H,22,23)/b12-11+/t14-,15+,16+/m1/s1. The van der Waals surface area contributed by atoms with Gasteiger partial charge in [-0.15, -0.1) is 0 Å². The summed E-state index contributed by atoms with van der Waals surface area (Å²) in [6, 6.07) is -1.19. The molecular weight excluding hydrogens is 362 g/mol. The van der Waals surface area contributed by atoms with Crippen molar-refractivity contribution in [2.75, 3.05) is 0 Å².